The van der Waals surface area contributed by atoms with Crippen LogP contribution in [0.2, 0.25) is 0 Å². The molecule has 3 heteroatoms. The van der Waals surface area contributed by atoms with Gasteiger partial charge in [0.25, 0.3) is 0 Å². The lowest BCUT2D eigenvalue weighted by atomic mass is 9.81. The van der Waals surface area contributed by atoms with Crippen molar-refractivity contribution in [3.8, 4) is 0 Å². The first kappa shape index (κ1) is 12.3. The standard InChI is InChI=1S/C12H23NO2/c1-3-15-12(14)13-8-7-11-6-4-5-10(2)9-11/h10-11H,3-9H2,1-2H3,(H,13,14). The van der Waals surface area contributed by atoms with Crippen molar-refractivity contribution in [3.63, 3.8) is 0 Å². The van der Waals surface area contributed by atoms with Crippen molar-refractivity contribution in [1.29, 1.82) is 0 Å². The minimum Gasteiger partial charge on any atom is -0.450 e. The second-order valence-electron chi connectivity index (χ2n) is 4.57. The van der Waals surface area contributed by atoms with E-state index < -0.39 is 0 Å². The molecule has 0 radical (unpaired) electrons. The number of hydrogen-bond donors (Lipinski definition) is 1. The zero-order chi connectivity index (χ0) is 11.1. The molecule has 0 bridgehead atoms. The molecule has 2 unspecified atom stereocenters. The zero-order valence-corrected chi connectivity index (χ0v) is 9.92. The quantitative estimate of drug-likeness (QED) is 0.779. The molecule has 0 aromatic heterocycles. The fourth-order valence-electron chi connectivity index (χ4n) is 2.38. The third-order valence-electron chi connectivity index (χ3n) is 3.14. The fourth-order valence-corrected chi connectivity index (χ4v) is 2.38. The molecule has 1 saturated carbocycles. The van der Waals surface area contributed by atoms with E-state index in [1.54, 1.807) is 0 Å². The Morgan fingerprint density at radius 3 is 2.93 bits per heavy atom. The summed E-state index contributed by atoms with van der Waals surface area (Å²) in [5.41, 5.74) is 0. The summed E-state index contributed by atoms with van der Waals surface area (Å²) in [4.78, 5) is 11.0. The lowest BCUT2D eigenvalue weighted by Gasteiger charge is -2.26. The molecule has 0 aromatic rings. The number of nitrogens with one attached hydrogen (secondary N) is 1. The van der Waals surface area contributed by atoms with Crippen LogP contribution in [0.25, 0.3) is 0 Å². The molecule has 15 heavy (non-hydrogen) atoms. The van der Waals surface area contributed by atoms with Crippen LogP contribution in [0.4, 0.5) is 4.79 Å². The molecule has 0 aliphatic heterocycles. The van der Waals surface area contributed by atoms with Gasteiger partial charge in [0, 0.05) is 6.54 Å². The van der Waals surface area contributed by atoms with E-state index in [-0.39, 0.29) is 6.09 Å². The monoisotopic (exact) mass is 213 g/mol. The summed E-state index contributed by atoms with van der Waals surface area (Å²) in [6.45, 7) is 5.36. The molecule has 0 spiro atoms. The number of hydrogen-bond acceptors (Lipinski definition) is 2. The Labute approximate surface area is 92.6 Å². The van der Waals surface area contributed by atoms with E-state index in [1.165, 1.54) is 25.7 Å². The summed E-state index contributed by atoms with van der Waals surface area (Å²) in [6.07, 6.45) is 6.21. The first-order valence-electron chi connectivity index (χ1n) is 6.13. The third kappa shape index (κ3) is 5.05. The van der Waals surface area contributed by atoms with Crippen molar-refractivity contribution in [2.75, 3.05) is 13.2 Å². The van der Waals surface area contributed by atoms with E-state index in [4.69, 9.17) is 4.74 Å². The normalized spacial score (nSPS) is 26.0. The highest BCUT2D eigenvalue weighted by molar-refractivity contribution is 5.66. The summed E-state index contributed by atoms with van der Waals surface area (Å²) in [5.74, 6) is 1.67. The molecule has 1 fully saturated rings. The van der Waals surface area contributed by atoms with Crippen LogP contribution < -0.4 is 5.32 Å². The summed E-state index contributed by atoms with van der Waals surface area (Å²) < 4.78 is 4.80. The van der Waals surface area contributed by atoms with E-state index >= 15 is 0 Å². The van der Waals surface area contributed by atoms with Gasteiger partial charge in [0.1, 0.15) is 0 Å². The molecule has 0 heterocycles. The molecule has 0 saturated heterocycles. The van der Waals surface area contributed by atoms with Gasteiger partial charge in [0.2, 0.25) is 0 Å². The Morgan fingerprint density at radius 1 is 1.47 bits per heavy atom. The van der Waals surface area contributed by atoms with Gasteiger partial charge in [-0.3, -0.25) is 0 Å². The van der Waals surface area contributed by atoms with Crippen molar-refractivity contribution >= 4 is 6.09 Å². The van der Waals surface area contributed by atoms with Crippen molar-refractivity contribution in [2.45, 2.75) is 46.0 Å². The molecule has 1 N–H and O–H groups in total. The Bertz CT molecular complexity index is 194. The van der Waals surface area contributed by atoms with Gasteiger partial charge >= 0.3 is 6.09 Å². The molecule has 88 valence electrons. The van der Waals surface area contributed by atoms with Gasteiger partial charge in [-0.25, -0.2) is 4.79 Å². The second kappa shape index (κ2) is 6.70. The maximum absolute atomic E-state index is 11.0. The predicted octanol–water partition coefficient (Wildman–Crippen LogP) is 2.95. The van der Waals surface area contributed by atoms with Gasteiger partial charge in [0.15, 0.2) is 0 Å². The molecule has 0 aromatic carbocycles. The molecular weight excluding hydrogens is 190 g/mol. The van der Waals surface area contributed by atoms with Gasteiger partial charge in [-0.05, 0) is 31.6 Å². The highest BCUT2D eigenvalue weighted by atomic mass is 16.5. The van der Waals surface area contributed by atoms with Gasteiger partial charge < -0.3 is 10.1 Å². The van der Waals surface area contributed by atoms with Crippen LogP contribution in [0.3, 0.4) is 0 Å². The summed E-state index contributed by atoms with van der Waals surface area (Å²) in [5, 5.41) is 2.78. The van der Waals surface area contributed by atoms with Crippen LogP contribution in [0, 0.1) is 11.8 Å². The third-order valence-corrected chi connectivity index (χ3v) is 3.14. The largest absolute Gasteiger partial charge is 0.450 e. The lowest BCUT2D eigenvalue weighted by molar-refractivity contribution is 0.150. The Kier molecular flexibility index (Phi) is 5.51. The average molecular weight is 213 g/mol. The van der Waals surface area contributed by atoms with Crippen LogP contribution in [0.1, 0.15) is 46.0 Å². The maximum atomic E-state index is 11.0. The highest BCUT2D eigenvalue weighted by Gasteiger charge is 2.18. The van der Waals surface area contributed by atoms with Gasteiger partial charge in [-0.15, -0.1) is 0 Å². The van der Waals surface area contributed by atoms with E-state index in [0.29, 0.717) is 6.61 Å². The number of carbonyl (C=O) groups excluding carboxylic acids is 1. The topological polar surface area (TPSA) is 38.3 Å². The van der Waals surface area contributed by atoms with E-state index in [2.05, 4.69) is 12.2 Å². The number of carbonyl (C=O) groups is 1. The predicted molar refractivity (Wildman–Crippen MR) is 60.8 cm³/mol. The number of rotatable bonds is 4. The Morgan fingerprint density at radius 2 is 2.27 bits per heavy atom. The first-order valence-corrected chi connectivity index (χ1v) is 6.13. The minimum atomic E-state index is -0.277. The summed E-state index contributed by atoms with van der Waals surface area (Å²) in [6, 6.07) is 0. The number of amides is 1. The van der Waals surface area contributed by atoms with Gasteiger partial charge in [-0.1, -0.05) is 26.2 Å². The SMILES string of the molecule is CCOC(=O)NCCC1CCCC(C)C1. The fraction of sp³-hybridized carbons (Fsp3) is 0.917. The Balaban J connectivity index is 2.06. The lowest BCUT2D eigenvalue weighted by Crippen LogP contribution is -2.27. The molecular formula is C12H23NO2. The van der Waals surface area contributed by atoms with Crippen LogP contribution in [0.15, 0.2) is 0 Å². The zero-order valence-electron chi connectivity index (χ0n) is 9.92. The highest BCUT2D eigenvalue weighted by Crippen LogP contribution is 2.30. The van der Waals surface area contributed by atoms with E-state index in [1.807, 2.05) is 6.92 Å². The molecule has 1 rings (SSSR count). The average Bonchev–Trinajstić information content (AvgIpc) is 2.18. The van der Waals surface area contributed by atoms with Gasteiger partial charge in [0.05, 0.1) is 6.61 Å². The van der Waals surface area contributed by atoms with Crippen molar-refractivity contribution in [1.82, 2.24) is 5.32 Å². The Hall–Kier alpha value is -0.730. The van der Waals surface area contributed by atoms with E-state index in [9.17, 15) is 4.79 Å². The number of alkyl carbamates (subject to hydrolysis) is 1. The molecule has 3 nitrogen and oxygen atoms in total. The second-order valence-corrected chi connectivity index (χ2v) is 4.57. The summed E-state index contributed by atoms with van der Waals surface area (Å²) >= 11 is 0. The van der Waals surface area contributed by atoms with Crippen LogP contribution in [-0.2, 0) is 4.74 Å². The minimum absolute atomic E-state index is 0.277. The van der Waals surface area contributed by atoms with Crippen molar-refractivity contribution in [3.05, 3.63) is 0 Å². The van der Waals surface area contributed by atoms with Crippen LogP contribution in [0.5, 0.6) is 0 Å². The van der Waals surface area contributed by atoms with E-state index in [0.717, 1.165) is 24.8 Å². The van der Waals surface area contributed by atoms with Crippen molar-refractivity contribution < 1.29 is 9.53 Å². The maximum Gasteiger partial charge on any atom is 0.407 e. The van der Waals surface area contributed by atoms with Gasteiger partial charge in [-0.2, -0.15) is 0 Å². The molecule has 1 aliphatic rings. The molecule has 1 aliphatic carbocycles. The smallest absolute Gasteiger partial charge is 0.407 e. The summed E-state index contributed by atoms with van der Waals surface area (Å²) in [7, 11) is 0. The number of ether oxygens (including phenoxy) is 1. The van der Waals surface area contributed by atoms with Crippen LogP contribution in [-0.4, -0.2) is 19.2 Å². The molecule has 1 amide bonds. The molecule has 2 atom stereocenters. The van der Waals surface area contributed by atoms with Crippen molar-refractivity contribution in [2.24, 2.45) is 11.8 Å². The van der Waals surface area contributed by atoms with Crippen LogP contribution >= 0.6 is 0 Å². The first-order chi connectivity index (χ1) is 7.22.